The second kappa shape index (κ2) is 8.68. The molecule has 2 aromatic carbocycles. The normalized spacial score (nSPS) is 11.3. The number of hydrazine groups is 1. The summed E-state index contributed by atoms with van der Waals surface area (Å²) >= 11 is 0. The Morgan fingerprint density at radius 2 is 1.76 bits per heavy atom. The average molecular weight is 346 g/mol. The minimum atomic E-state index is -0.882. The van der Waals surface area contributed by atoms with Gasteiger partial charge in [-0.05, 0) is 50.2 Å². The Morgan fingerprint density at radius 1 is 1.08 bits per heavy atom. The van der Waals surface area contributed by atoms with Crippen molar-refractivity contribution >= 4 is 11.8 Å². The number of ether oxygens (including phenoxy) is 2. The molecule has 0 saturated carbocycles. The summed E-state index contributed by atoms with van der Waals surface area (Å²) in [6, 6.07) is 12.0. The van der Waals surface area contributed by atoms with Crippen LogP contribution in [0.1, 0.15) is 24.2 Å². The summed E-state index contributed by atoms with van der Waals surface area (Å²) in [5.41, 5.74) is 4.91. The SMILES string of the molecule is CCOc1ccccc1C(=O)NNC(=O)C(C)Oc1ccc(F)cc1. The van der Waals surface area contributed by atoms with Gasteiger partial charge in [-0.25, -0.2) is 4.39 Å². The summed E-state index contributed by atoms with van der Waals surface area (Å²) in [7, 11) is 0. The number of halogens is 1. The van der Waals surface area contributed by atoms with Crippen LogP contribution in [-0.2, 0) is 4.79 Å². The predicted molar refractivity (Wildman–Crippen MR) is 89.7 cm³/mol. The molecule has 132 valence electrons. The third-order valence-corrected chi connectivity index (χ3v) is 3.23. The summed E-state index contributed by atoms with van der Waals surface area (Å²) in [5.74, 6) is -0.688. The third-order valence-electron chi connectivity index (χ3n) is 3.23. The maximum atomic E-state index is 12.8. The van der Waals surface area contributed by atoms with Crippen molar-refractivity contribution in [2.24, 2.45) is 0 Å². The lowest BCUT2D eigenvalue weighted by atomic mass is 10.2. The molecule has 1 atom stereocenters. The van der Waals surface area contributed by atoms with Gasteiger partial charge in [-0.1, -0.05) is 12.1 Å². The van der Waals surface area contributed by atoms with Crippen LogP contribution in [0.15, 0.2) is 48.5 Å². The number of carbonyl (C=O) groups is 2. The van der Waals surface area contributed by atoms with E-state index in [0.717, 1.165) is 0 Å². The molecule has 0 spiro atoms. The second-order valence-corrected chi connectivity index (χ2v) is 5.09. The van der Waals surface area contributed by atoms with Crippen LogP contribution < -0.4 is 20.3 Å². The number of amides is 2. The summed E-state index contributed by atoms with van der Waals surface area (Å²) < 4.78 is 23.6. The highest BCUT2D eigenvalue weighted by Gasteiger charge is 2.17. The number of nitrogens with one attached hydrogen (secondary N) is 2. The van der Waals surface area contributed by atoms with E-state index in [-0.39, 0.29) is 0 Å². The van der Waals surface area contributed by atoms with Crippen LogP contribution in [-0.4, -0.2) is 24.5 Å². The number of hydrogen-bond donors (Lipinski definition) is 2. The number of para-hydroxylation sites is 1. The predicted octanol–water partition coefficient (Wildman–Crippen LogP) is 2.45. The zero-order valence-corrected chi connectivity index (χ0v) is 13.9. The minimum absolute atomic E-state index is 0.303. The Labute approximate surface area is 144 Å². The summed E-state index contributed by atoms with van der Waals surface area (Å²) in [4.78, 5) is 24.2. The van der Waals surface area contributed by atoms with Crippen molar-refractivity contribution in [1.29, 1.82) is 0 Å². The van der Waals surface area contributed by atoms with Gasteiger partial charge in [-0.3, -0.25) is 20.4 Å². The standard InChI is InChI=1S/C18H19FN2O4/c1-3-24-16-7-5-4-6-15(16)18(23)21-20-17(22)12(2)25-14-10-8-13(19)9-11-14/h4-12H,3H2,1-2H3,(H,20,22)(H,21,23). The topological polar surface area (TPSA) is 76.7 Å². The van der Waals surface area contributed by atoms with Crippen LogP contribution >= 0.6 is 0 Å². The molecule has 2 rings (SSSR count). The Morgan fingerprint density at radius 3 is 2.44 bits per heavy atom. The van der Waals surface area contributed by atoms with Gasteiger partial charge < -0.3 is 9.47 Å². The van der Waals surface area contributed by atoms with E-state index in [2.05, 4.69) is 10.9 Å². The first-order chi connectivity index (χ1) is 12.0. The number of rotatable bonds is 6. The van der Waals surface area contributed by atoms with E-state index in [1.54, 1.807) is 24.3 Å². The average Bonchev–Trinajstić information content (AvgIpc) is 2.62. The van der Waals surface area contributed by atoms with Gasteiger partial charge in [0.05, 0.1) is 12.2 Å². The van der Waals surface area contributed by atoms with Gasteiger partial charge in [0.25, 0.3) is 11.8 Å². The highest BCUT2D eigenvalue weighted by atomic mass is 19.1. The number of carbonyl (C=O) groups excluding carboxylic acids is 2. The largest absolute Gasteiger partial charge is 0.493 e. The van der Waals surface area contributed by atoms with E-state index in [1.807, 2.05) is 6.92 Å². The molecule has 0 saturated heterocycles. The van der Waals surface area contributed by atoms with Crippen molar-refractivity contribution < 1.29 is 23.5 Å². The zero-order valence-electron chi connectivity index (χ0n) is 13.9. The van der Waals surface area contributed by atoms with Crippen LogP contribution in [0.2, 0.25) is 0 Å². The fourth-order valence-corrected chi connectivity index (χ4v) is 1.99. The van der Waals surface area contributed by atoms with Crippen molar-refractivity contribution in [2.75, 3.05) is 6.61 Å². The molecule has 6 nitrogen and oxygen atoms in total. The molecule has 0 bridgehead atoms. The molecule has 0 heterocycles. The molecule has 0 fully saturated rings. The molecule has 0 aromatic heterocycles. The monoisotopic (exact) mass is 346 g/mol. The molecule has 2 N–H and O–H groups in total. The first kappa shape index (κ1) is 18.3. The smallest absolute Gasteiger partial charge is 0.279 e. The van der Waals surface area contributed by atoms with Crippen molar-refractivity contribution in [3.8, 4) is 11.5 Å². The van der Waals surface area contributed by atoms with Crippen LogP contribution in [0.3, 0.4) is 0 Å². The van der Waals surface area contributed by atoms with Crippen molar-refractivity contribution in [3.05, 3.63) is 59.9 Å². The lowest BCUT2D eigenvalue weighted by Gasteiger charge is -2.16. The molecule has 2 amide bonds. The molecule has 0 aliphatic carbocycles. The molecule has 25 heavy (non-hydrogen) atoms. The molecular weight excluding hydrogens is 327 g/mol. The lowest BCUT2D eigenvalue weighted by molar-refractivity contribution is -0.128. The summed E-state index contributed by atoms with van der Waals surface area (Å²) in [6.07, 6.45) is -0.882. The Hall–Kier alpha value is -3.09. The Bertz CT molecular complexity index is 734. The second-order valence-electron chi connectivity index (χ2n) is 5.09. The van der Waals surface area contributed by atoms with Crippen LogP contribution in [0.4, 0.5) is 4.39 Å². The van der Waals surface area contributed by atoms with Gasteiger partial charge in [0, 0.05) is 0 Å². The fraction of sp³-hybridized carbons (Fsp3) is 0.222. The molecule has 1 unspecified atom stereocenters. The molecule has 0 aliphatic rings. The fourth-order valence-electron chi connectivity index (χ4n) is 1.99. The van der Waals surface area contributed by atoms with Gasteiger partial charge >= 0.3 is 0 Å². The quantitative estimate of drug-likeness (QED) is 0.788. The van der Waals surface area contributed by atoms with Gasteiger partial charge in [-0.2, -0.15) is 0 Å². The maximum Gasteiger partial charge on any atom is 0.279 e. The van der Waals surface area contributed by atoms with Gasteiger partial charge in [-0.15, -0.1) is 0 Å². The van der Waals surface area contributed by atoms with Crippen molar-refractivity contribution in [2.45, 2.75) is 20.0 Å². The van der Waals surface area contributed by atoms with E-state index >= 15 is 0 Å². The third kappa shape index (κ3) is 5.20. The molecule has 7 heteroatoms. The van der Waals surface area contributed by atoms with E-state index in [4.69, 9.17) is 9.47 Å². The minimum Gasteiger partial charge on any atom is -0.493 e. The molecular formula is C18H19FN2O4. The highest BCUT2D eigenvalue weighted by Crippen LogP contribution is 2.17. The zero-order chi connectivity index (χ0) is 18.2. The Kier molecular flexibility index (Phi) is 6.33. The number of benzene rings is 2. The first-order valence-corrected chi connectivity index (χ1v) is 7.75. The van der Waals surface area contributed by atoms with Crippen LogP contribution in [0.5, 0.6) is 11.5 Å². The van der Waals surface area contributed by atoms with E-state index in [1.165, 1.54) is 31.2 Å². The van der Waals surface area contributed by atoms with E-state index in [0.29, 0.717) is 23.7 Å². The van der Waals surface area contributed by atoms with E-state index in [9.17, 15) is 14.0 Å². The van der Waals surface area contributed by atoms with Crippen LogP contribution in [0, 0.1) is 5.82 Å². The van der Waals surface area contributed by atoms with Gasteiger partial charge in [0.1, 0.15) is 17.3 Å². The van der Waals surface area contributed by atoms with Crippen LogP contribution in [0.25, 0.3) is 0 Å². The first-order valence-electron chi connectivity index (χ1n) is 7.75. The van der Waals surface area contributed by atoms with E-state index < -0.39 is 23.7 Å². The summed E-state index contributed by atoms with van der Waals surface area (Å²) in [5, 5.41) is 0. The van der Waals surface area contributed by atoms with Gasteiger partial charge in [0.15, 0.2) is 6.10 Å². The Balaban J connectivity index is 1.90. The maximum absolute atomic E-state index is 12.8. The van der Waals surface area contributed by atoms with Crippen molar-refractivity contribution in [1.82, 2.24) is 10.9 Å². The molecule has 0 aliphatic heterocycles. The molecule has 0 radical (unpaired) electrons. The molecule has 2 aromatic rings. The summed E-state index contributed by atoms with van der Waals surface area (Å²) in [6.45, 7) is 3.74. The lowest BCUT2D eigenvalue weighted by Crippen LogP contribution is -2.47. The highest BCUT2D eigenvalue weighted by molar-refractivity contribution is 5.98. The van der Waals surface area contributed by atoms with Gasteiger partial charge in [0.2, 0.25) is 0 Å². The van der Waals surface area contributed by atoms with Crippen molar-refractivity contribution in [3.63, 3.8) is 0 Å². The number of hydrogen-bond acceptors (Lipinski definition) is 4.